The van der Waals surface area contributed by atoms with Crippen LogP contribution in [0.15, 0.2) is 24.3 Å². The molecule has 0 spiro atoms. The summed E-state index contributed by atoms with van der Waals surface area (Å²) in [7, 11) is 0. The SMILES string of the molecule is CC(C)(C)OC(=O)N1CSC[C@@H]1c1nc2ccccc2[se]1. The van der Waals surface area contributed by atoms with E-state index in [1.54, 1.807) is 11.8 Å². The van der Waals surface area contributed by atoms with Crippen molar-refractivity contribution in [3.05, 3.63) is 28.8 Å². The topological polar surface area (TPSA) is 42.4 Å². The molecular weight excluding hydrogens is 351 g/mol. The first-order valence-corrected chi connectivity index (χ1v) is 9.74. The molecule has 1 saturated heterocycles. The minimum absolute atomic E-state index is 0.0808. The van der Waals surface area contributed by atoms with Crippen molar-refractivity contribution in [2.75, 3.05) is 11.6 Å². The molecule has 2 aromatic rings. The van der Waals surface area contributed by atoms with Crippen LogP contribution in [0.3, 0.4) is 0 Å². The predicted molar refractivity (Wildman–Crippen MR) is 86.8 cm³/mol. The molecule has 3 rings (SSSR count). The van der Waals surface area contributed by atoms with Gasteiger partial charge in [0, 0.05) is 0 Å². The molecule has 6 heteroatoms. The molecule has 0 N–H and O–H groups in total. The van der Waals surface area contributed by atoms with Crippen LogP contribution < -0.4 is 0 Å². The van der Waals surface area contributed by atoms with Crippen LogP contribution in [0.2, 0.25) is 0 Å². The van der Waals surface area contributed by atoms with Crippen LogP contribution in [0.1, 0.15) is 31.4 Å². The fraction of sp³-hybridized carbons (Fsp3) is 0.467. The molecular formula is C15H18N2O2SSe. The van der Waals surface area contributed by atoms with Crippen LogP contribution in [0, 0.1) is 0 Å². The van der Waals surface area contributed by atoms with E-state index in [0.29, 0.717) is 5.88 Å². The van der Waals surface area contributed by atoms with Gasteiger partial charge in [-0.05, 0) is 0 Å². The molecule has 0 radical (unpaired) electrons. The average Bonchev–Trinajstić information content (AvgIpc) is 3.02. The van der Waals surface area contributed by atoms with Crippen molar-refractivity contribution in [1.29, 1.82) is 0 Å². The summed E-state index contributed by atoms with van der Waals surface area (Å²) in [6.45, 7) is 5.70. The van der Waals surface area contributed by atoms with E-state index in [-0.39, 0.29) is 26.6 Å². The molecule has 1 atom stereocenters. The first kappa shape index (κ1) is 14.9. The van der Waals surface area contributed by atoms with Crippen LogP contribution >= 0.6 is 11.8 Å². The maximum absolute atomic E-state index is 12.3. The summed E-state index contributed by atoms with van der Waals surface area (Å²) < 4.78 is 7.96. The summed E-state index contributed by atoms with van der Waals surface area (Å²) in [5.74, 6) is 1.60. The molecule has 1 fully saturated rings. The predicted octanol–water partition coefficient (Wildman–Crippen LogP) is 3.27. The van der Waals surface area contributed by atoms with E-state index in [2.05, 4.69) is 6.07 Å². The number of fused-ring (bicyclic) bond motifs is 1. The summed E-state index contributed by atoms with van der Waals surface area (Å²) in [6, 6.07) is 8.32. The number of para-hydroxylation sites is 1. The van der Waals surface area contributed by atoms with Crippen molar-refractivity contribution in [2.24, 2.45) is 0 Å². The molecule has 0 unspecified atom stereocenters. The van der Waals surface area contributed by atoms with Crippen molar-refractivity contribution in [3.8, 4) is 0 Å². The number of nitrogens with zero attached hydrogens (tertiary/aromatic N) is 2. The zero-order valence-corrected chi connectivity index (χ0v) is 14.9. The summed E-state index contributed by atoms with van der Waals surface area (Å²) in [5.41, 5.74) is 0.606. The first-order valence-electron chi connectivity index (χ1n) is 6.87. The third-order valence-electron chi connectivity index (χ3n) is 3.11. The Balaban J connectivity index is 1.85. The van der Waals surface area contributed by atoms with Gasteiger partial charge in [-0.2, -0.15) is 0 Å². The second kappa shape index (κ2) is 5.67. The van der Waals surface area contributed by atoms with Gasteiger partial charge in [0.15, 0.2) is 0 Å². The fourth-order valence-corrected chi connectivity index (χ4v) is 5.83. The van der Waals surface area contributed by atoms with Crippen molar-refractivity contribution in [2.45, 2.75) is 32.4 Å². The van der Waals surface area contributed by atoms with E-state index >= 15 is 0 Å². The van der Waals surface area contributed by atoms with Crippen LogP contribution in [0.5, 0.6) is 0 Å². The molecule has 1 aliphatic heterocycles. The Kier molecular flexibility index (Phi) is 4.04. The first-order chi connectivity index (χ1) is 9.94. The van der Waals surface area contributed by atoms with Crippen LogP contribution in [0.4, 0.5) is 4.79 Å². The summed E-state index contributed by atoms with van der Waals surface area (Å²) in [5, 5.41) is 0. The van der Waals surface area contributed by atoms with Crippen molar-refractivity contribution in [3.63, 3.8) is 0 Å². The summed E-state index contributed by atoms with van der Waals surface area (Å²) in [4.78, 5) is 18.9. The van der Waals surface area contributed by atoms with Gasteiger partial charge in [0.1, 0.15) is 0 Å². The number of aromatic nitrogens is 1. The fourth-order valence-electron chi connectivity index (χ4n) is 2.18. The number of thioether (sulfide) groups is 1. The molecule has 1 aromatic carbocycles. The van der Waals surface area contributed by atoms with E-state index in [4.69, 9.17) is 9.72 Å². The van der Waals surface area contributed by atoms with Gasteiger partial charge in [-0.1, -0.05) is 0 Å². The van der Waals surface area contributed by atoms with Crippen LogP contribution in [0.25, 0.3) is 9.78 Å². The van der Waals surface area contributed by atoms with Gasteiger partial charge in [-0.3, -0.25) is 0 Å². The number of rotatable bonds is 1. The zero-order chi connectivity index (χ0) is 15.0. The number of amides is 1. The minimum atomic E-state index is -0.458. The number of carbonyl (C=O) groups is 1. The van der Waals surface area contributed by atoms with E-state index in [9.17, 15) is 4.79 Å². The zero-order valence-electron chi connectivity index (χ0n) is 12.3. The Labute approximate surface area is 134 Å². The van der Waals surface area contributed by atoms with E-state index < -0.39 is 5.60 Å². The molecule has 1 aliphatic rings. The number of ether oxygens (including phenoxy) is 1. The summed E-state index contributed by atoms with van der Waals surface area (Å²) >= 11 is 1.98. The van der Waals surface area contributed by atoms with Gasteiger partial charge in [-0.25, -0.2) is 0 Å². The molecule has 112 valence electrons. The van der Waals surface area contributed by atoms with Crippen molar-refractivity contribution in [1.82, 2.24) is 9.88 Å². The van der Waals surface area contributed by atoms with Gasteiger partial charge >= 0.3 is 134 Å². The van der Waals surface area contributed by atoms with E-state index in [1.165, 1.54) is 4.26 Å². The van der Waals surface area contributed by atoms with Crippen LogP contribution in [-0.4, -0.2) is 47.7 Å². The molecule has 0 saturated carbocycles. The van der Waals surface area contributed by atoms with Crippen molar-refractivity contribution < 1.29 is 9.53 Å². The Hall–Kier alpha value is -0.971. The number of benzene rings is 1. The second-order valence-electron chi connectivity index (χ2n) is 5.99. The van der Waals surface area contributed by atoms with Gasteiger partial charge in [0.2, 0.25) is 0 Å². The van der Waals surface area contributed by atoms with Gasteiger partial charge in [-0.15, -0.1) is 0 Å². The third-order valence-corrected chi connectivity index (χ3v) is 6.50. The molecule has 0 bridgehead atoms. The summed E-state index contributed by atoms with van der Waals surface area (Å²) in [6.07, 6.45) is -0.230. The Bertz CT molecular complexity index is 632. The molecule has 4 nitrogen and oxygen atoms in total. The number of hydrogen-bond donors (Lipinski definition) is 0. The average molecular weight is 369 g/mol. The number of carbonyl (C=O) groups excluding carboxylic acids is 1. The Morgan fingerprint density at radius 3 is 2.90 bits per heavy atom. The quantitative estimate of drug-likeness (QED) is 0.724. The van der Waals surface area contributed by atoms with E-state index in [0.717, 1.165) is 15.8 Å². The monoisotopic (exact) mass is 370 g/mol. The molecule has 2 heterocycles. The normalized spacial score (nSPS) is 19.2. The molecule has 0 aliphatic carbocycles. The van der Waals surface area contributed by atoms with Crippen LogP contribution in [-0.2, 0) is 4.74 Å². The Morgan fingerprint density at radius 2 is 2.19 bits per heavy atom. The van der Waals surface area contributed by atoms with Gasteiger partial charge in [0.25, 0.3) is 0 Å². The Morgan fingerprint density at radius 1 is 1.43 bits per heavy atom. The standard InChI is InChI=1S/C15H18N2O2SSe/c1-15(2,3)19-14(18)17-9-20-8-11(17)13-16-10-6-4-5-7-12(10)21-13/h4-7,11H,8-9H2,1-3H3/t11-/m1/s1. The molecule has 1 aromatic heterocycles. The number of hydrogen-bond acceptors (Lipinski definition) is 4. The molecule has 21 heavy (non-hydrogen) atoms. The van der Waals surface area contributed by atoms with Gasteiger partial charge in [0.05, 0.1) is 0 Å². The molecule has 1 amide bonds. The van der Waals surface area contributed by atoms with E-state index in [1.807, 2.05) is 43.9 Å². The third kappa shape index (κ3) is 3.28. The maximum atomic E-state index is 12.3. The van der Waals surface area contributed by atoms with Gasteiger partial charge < -0.3 is 0 Å². The van der Waals surface area contributed by atoms with Crippen molar-refractivity contribution >= 4 is 42.1 Å². The second-order valence-corrected chi connectivity index (χ2v) is 9.21.